The second kappa shape index (κ2) is 6.62. The Labute approximate surface area is 126 Å². The lowest BCUT2D eigenvalue weighted by Crippen LogP contribution is -2.19. The van der Waals surface area contributed by atoms with Crippen LogP contribution in [0, 0.1) is 0 Å². The van der Waals surface area contributed by atoms with E-state index in [2.05, 4.69) is 15.8 Å². The van der Waals surface area contributed by atoms with Crippen LogP contribution >= 0.6 is 11.6 Å². The molecule has 0 bridgehead atoms. The third kappa shape index (κ3) is 4.12. The molecule has 6 nitrogen and oxygen atoms in total. The zero-order valence-corrected chi connectivity index (χ0v) is 11.6. The average Bonchev–Trinajstić information content (AvgIpc) is 2.47. The second-order valence-corrected chi connectivity index (χ2v) is 4.59. The number of halogens is 1. The summed E-state index contributed by atoms with van der Waals surface area (Å²) >= 11 is 5.83. The van der Waals surface area contributed by atoms with Gasteiger partial charge in [-0.15, -0.1) is 0 Å². The maximum Gasteiger partial charge on any atom is 0.323 e. The summed E-state index contributed by atoms with van der Waals surface area (Å²) in [4.78, 5) is 11.8. The van der Waals surface area contributed by atoms with Gasteiger partial charge in [0, 0.05) is 22.0 Å². The molecule has 7 heteroatoms. The Morgan fingerprint density at radius 3 is 2.38 bits per heavy atom. The molecule has 0 saturated carbocycles. The molecule has 0 aliphatic heterocycles. The lowest BCUT2D eigenvalue weighted by molar-refractivity contribution is 0.262. The van der Waals surface area contributed by atoms with Crippen molar-refractivity contribution in [2.24, 2.45) is 10.9 Å². The molecular weight excluding hydrogens is 292 g/mol. The number of amides is 2. The van der Waals surface area contributed by atoms with Crippen LogP contribution in [0.3, 0.4) is 0 Å². The average molecular weight is 305 g/mol. The normalized spacial score (nSPS) is 11.0. The number of nitrogens with two attached hydrogens (primary N) is 1. The first-order valence-corrected chi connectivity index (χ1v) is 6.38. The van der Waals surface area contributed by atoms with Gasteiger partial charge in [0.1, 0.15) is 0 Å². The molecular formula is C14H13ClN4O2. The van der Waals surface area contributed by atoms with E-state index in [0.717, 1.165) is 0 Å². The zero-order valence-electron chi connectivity index (χ0n) is 10.9. The SMILES string of the molecule is N/C(=N/O)c1ccc(NC(=O)Nc2cccc(Cl)c2)cc1. The fourth-order valence-corrected chi connectivity index (χ4v) is 1.83. The fraction of sp³-hybridized carbons (Fsp3) is 0. The minimum Gasteiger partial charge on any atom is -0.409 e. The molecule has 0 fully saturated rings. The summed E-state index contributed by atoms with van der Waals surface area (Å²) < 4.78 is 0. The largest absolute Gasteiger partial charge is 0.409 e. The molecule has 2 rings (SSSR count). The molecule has 0 unspecified atom stereocenters. The highest BCUT2D eigenvalue weighted by Gasteiger charge is 2.04. The van der Waals surface area contributed by atoms with Gasteiger partial charge >= 0.3 is 6.03 Å². The van der Waals surface area contributed by atoms with Crippen LogP contribution in [0.15, 0.2) is 53.7 Å². The number of rotatable bonds is 3. The monoisotopic (exact) mass is 304 g/mol. The molecule has 108 valence electrons. The quantitative estimate of drug-likeness (QED) is 0.303. The Bertz CT molecular complexity index is 671. The van der Waals surface area contributed by atoms with E-state index in [0.29, 0.717) is 22.0 Å². The molecule has 0 spiro atoms. The fourth-order valence-electron chi connectivity index (χ4n) is 1.64. The van der Waals surface area contributed by atoms with Crippen LogP contribution in [0.2, 0.25) is 5.02 Å². The Morgan fingerprint density at radius 2 is 1.76 bits per heavy atom. The Hall–Kier alpha value is -2.73. The summed E-state index contributed by atoms with van der Waals surface area (Å²) in [6.45, 7) is 0. The van der Waals surface area contributed by atoms with Crippen molar-refractivity contribution in [2.75, 3.05) is 10.6 Å². The van der Waals surface area contributed by atoms with Crippen molar-refractivity contribution in [3.8, 4) is 0 Å². The molecule has 0 aliphatic carbocycles. The van der Waals surface area contributed by atoms with Crippen LogP contribution in [0.4, 0.5) is 16.2 Å². The van der Waals surface area contributed by atoms with Crippen molar-refractivity contribution < 1.29 is 10.0 Å². The zero-order chi connectivity index (χ0) is 15.2. The van der Waals surface area contributed by atoms with Gasteiger partial charge in [-0.05, 0) is 42.5 Å². The van der Waals surface area contributed by atoms with E-state index in [1.54, 1.807) is 48.5 Å². The molecule has 2 aromatic rings. The third-order valence-corrected chi connectivity index (χ3v) is 2.86. The number of anilines is 2. The van der Waals surface area contributed by atoms with Crippen molar-refractivity contribution in [1.82, 2.24) is 0 Å². The summed E-state index contributed by atoms with van der Waals surface area (Å²) in [5.41, 5.74) is 7.17. The Kier molecular flexibility index (Phi) is 4.63. The van der Waals surface area contributed by atoms with Crippen molar-refractivity contribution in [1.29, 1.82) is 0 Å². The van der Waals surface area contributed by atoms with Crippen LogP contribution < -0.4 is 16.4 Å². The summed E-state index contributed by atoms with van der Waals surface area (Å²) in [5, 5.41) is 17.3. The molecule has 0 aromatic heterocycles. The highest BCUT2D eigenvalue weighted by molar-refractivity contribution is 6.30. The number of benzene rings is 2. The lowest BCUT2D eigenvalue weighted by atomic mass is 10.2. The number of nitrogens with zero attached hydrogens (tertiary/aromatic N) is 1. The van der Waals surface area contributed by atoms with Gasteiger partial charge in [0.15, 0.2) is 5.84 Å². The minimum atomic E-state index is -0.395. The van der Waals surface area contributed by atoms with Gasteiger partial charge in [-0.3, -0.25) is 0 Å². The first-order chi connectivity index (χ1) is 10.1. The minimum absolute atomic E-state index is 0.00456. The smallest absolute Gasteiger partial charge is 0.323 e. The number of nitrogens with one attached hydrogen (secondary N) is 2. The molecule has 21 heavy (non-hydrogen) atoms. The first-order valence-electron chi connectivity index (χ1n) is 6.00. The molecule has 0 aliphatic rings. The van der Waals surface area contributed by atoms with E-state index in [4.69, 9.17) is 22.5 Å². The maximum atomic E-state index is 11.8. The summed E-state index contributed by atoms with van der Waals surface area (Å²) in [6.07, 6.45) is 0. The van der Waals surface area contributed by atoms with E-state index in [1.807, 2.05) is 0 Å². The van der Waals surface area contributed by atoms with Gasteiger partial charge < -0.3 is 21.6 Å². The van der Waals surface area contributed by atoms with Crippen LogP contribution in [0.25, 0.3) is 0 Å². The van der Waals surface area contributed by atoms with E-state index >= 15 is 0 Å². The molecule has 0 heterocycles. The molecule has 2 amide bonds. The van der Waals surface area contributed by atoms with Gasteiger partial charge in [0.05, 0.1) is 0 Å². The van der Waals surface area contributed by atoms with Crippen LogP contribution in [-0.2, 0) is 0 Å². The van der Waals surface area contributed by atoms with Gasteiger partial charge in [-0.25, -0.2) is 4.79 Å². The summed E-state index contributed by atoms with van der Waals surface area (Å²) in [6, 6.07) is 13.0. The Morgan fingerprint density at radius 1 is 1.10 bits per heavy atom. The number of amidine groups is 1. The topological polar surface area (TPSA) is 99.7 Å². The lowest BCUT2D eigenvalue weighted by Gasteiger charge is -2.08. The van der Waals surface area contributed by atoms with Crippen molar-refractivity contribution in [3.63, 3.8) is 0 Å². The predicted molar refractivity (Wildman–Crippen MR) is 83.0 cm³/mol. The van der Waals surface area contributed by atoms with E-state index in [9.17, 15) is 4.79 Å². The highest BCUT2D eigenvalue weighted by atomic mass is 35.5. The number of carbonyl (C=O) groups excluding carboxylic acids is 1. The molecule has 0 saturated heterocycles. The molecule has 0 radical (unpaired) electrons. The number of oxime groups is 1. The van der Waals surface area contributed by atoms with Crippen molar-refractivity contribution in [2.45, 2.75) is 0 Å². The van der Waals surface area contributed by atoms with Gasteiger partial charge in [-0.2, -0.15) is 0 Å². The standard InChI is InChI=1S/C14H13ClN4O2/c15-10-2-1-3-12(8-10)18-14(20)17-11-6-4-9(5-7-11)13(16)19-21/h1-8,21H,(H2,16,19)(H2,17,18,20). The maximum absolute atomic E-state index is 11.8. The second-order valence-electron chi connectivity index (χ2n) is 4.15. The van der Waals surface area contributed by atoms with E-state index < -0.39 is 6.03 Å². The van der Waals surface area contributed by atoms with Crippen LogP contribution in [-0.4, -0.2) is 17.1 Å². The first kappa shape index (κ1) is 14.7. The van der Waals surface area contributed by atoms with Gasteiger partial charge in [0.2, 0.25) is 0 Å². The number of hydrogen-bond donors (Lipinski definition) is 4. The summed E-state index contributed by atoms with van der Waals surface area (Å²) in [7, 11) is 0. The Balaban J connectivity index is 2.00. The van der Waals surface area contributed by atoms with E-state index in [1.165, 1.54) is 0 Å². The molecule has 5 N–H and O–H groups in total. The molecule has 0 atom stereocenters. The predicted octanol–water partition coefficient (Wildman–Crippen LogP) is 3.08. The van der Waals surface area contributed by atoms with Crippen molar-refractivity contribution >= 4 is 34.8 Å². The van der Waals surface area contributed by atoms with E-state index in [-0.39, 0.29) is 5.84 Å². The number of urea groups is 1. The highest BCUT2D eigenvalue weighted by Crippen LogP contribution is 2.15. The van der Waals surface area contributed by atoms with Gasteiger partial charge in [-0.1, -0.05) is 22.8 Å². The third-order valence-electron chi connectivity index (χ3n) is 2.63. The molecule has 2 aromatic carbocycles. The summed E-state index contributed by atoms with van der Waals surface area (Å²) in [5.74, 6) is 0.00456. The van der Waals surface area contributed by atoms with Crippen LogP contribution in [0.1, 0.15) is 5.56 Å². The number of hydrogen-bond acceptors (Lipinski definition) is 3. The van der Waals surface area contributed by atoms with Gasteiger partial charge in [0.25, 0.3) is 0 Å². The van der Waals surface area contributed by atoms with Crippen LogP contribution in [0.5, 0.6) is 0 Å². The number of carbonyl (C=O) groups is 1. The van der Waals surface area contributed by atoms with Crippen molar-refractivity contribution in [3.05, 3.63) is 59.1 Å².